The van der Waals surface area contributed by atoms with Crippen molar-refractivity contribution in [3.63, 3.8) is 0 Å². The zero-order valence-electron chi connectivity index (χ0n) is 13.0. The summed E-state index contributed by atoms with van der Waals surface area (Å²) in [4.78, 5) is 19.1. The molecule has 1 aromatic rings. The van der Waals surface area contributed by atoms with Crippen molar-refractivity contribution in [1.29, 1.82) is 0 Å². The summed E-state index contributed by atoms with van der Waals surface area (Å²) in [6.07, 6.45) is 5.42. The largest absolute Gasteiger partial charge is 0.392 e. The van der Waals surface area contributed by atoms with E-state index >= 15 is 0 Å². The van der Waals surface area contributed by atoms with E-state index in [2.05, 4.69) is 4.98 Å². The van der Waals surface area contributed by atoms with Crippen molar-refractivity contribution >= 4 is 30.7 Å². The zero-order chi connectivity index (χ0) is 14.8. The Morgan fingerprint density at radius 2 is 2.00 bits per heavy atom. The fraction of sp³-hybridized carbons (Fsp3) is 0.625. The Hall–Kier alpha value is -0.880. The number of pyridine rings is 1. The van der Waals surface area contributed by atoms with E-state index in [1.165, 1.54) is 0 Å². The second-order valence-electron chi connectivity index (χ2n) is 6.26. The number of rotatable bonds is 4. The van der Waals surface area contributed by atoms with Gasteiger partial charge in [-0.05, 0) is 44.2 Å². The highest BCUT2D eigenvalue weighted by atomic mass is 35.5. The smallest absolute Gasteiger partial charge is 0.226 e. The van der Waals surface area contributed by atoms with Gasteiger partial charge < -0.3 is 15.7 Å². The van der Waals surface area contributed by atoms with Crippen molar-refractivity contribution in [3.05, 3.63) is 30.1 Å². The standard InChI is InChI=1S/C16H23N3O2.2ClH/c17-14-9-11(4-7-15(14)20)16(21)19(13-5-6-13)10-12-3-1-2-8-18-12;;/h1-3,8,11,13-15,20H,4-7,9-10,17H2;2*1H/t11-,14+,15+;;/m0../s1. The van der Waals surface area contributed by atoms with E-state index in [9.17, 15) is 9.90 Å². The van der Waals surface area contributed by atoms with E-state index < -0.39 is 6.10 Å². The normalized spacial score (nSPS) is 26.6. The Labute approximate surface area is 149 Å². The van der Waals surface area contributed by atoms with Gasteiger partial charge in [-0.15, -0.1) is 24.8 Å². The molecule has 1 amide bonds. The minimum absolute atomic E-state index is 0. The van der Waals surface area contributed by atoms with Crippen LogP contribution in [0.4, 0.5) is 0 Å². The quantitative estimate of drug-likeness (QED) is 0.858. The number of carbonyl (C=O) groups excluding carboxylic acids is 1. The highest BCUT2D eigenvalue weighted by Crippen LogP contribution is 2.33. The molecule has 3 N–H and O–H groups in total. The third kappa shape index (κ3) is 5.05. The molecular weight excluding hydrogens is 337 g/mol. The number of nitrogens with two attached hydrogens (primary N) is 1. The molecule has 0 aromatic carbocycles. The first kappa shape index (κ1) is 20.2. The van der Waals surface area contributed by atoms with Gasteiger partial charge in [0.15, 0.2) is 0 Å². The van der Waals surface area contributed by atoms with Crippen molar-refractivity contribution in [2.45, 2.75) is 56.8 Å². The van der Waals surface area contributed by atoms with Crippen LogP contribution in [0.1, 0.15) is 37.8 Å². The van der Waals surface area contributed by atoms with Gasteiger partial charge in [0.05, 0.1) is 18.3 Å². The minimum Gasteiger partial charge on any atom is -0.392 e. The van der Waals surface area contributed by atoms with E-state index in [1.54, 1.807) is 6.20 Å². The lowest BCUT2D eigenvalue weighted by Gasteiger charge is -2.33. The first-order chi connectivity index (χ1) is 10.1. The number of hydrogen-bond acceptors (Lipinski definition) is 4. The molecule has 3 rings (SSSR count). The number of nitrogens with zero attached hydrogens (tertiary/aromatic N) is 2. The van der Waals surface area contributed by atoms with Gasteiger partial charge in [0.1, 0.15) is 0 Å². The number of aliphatic hydroxyl groups excluding tert-OH is 1. The molecule has 0 bridgehead atoms. The third-order valence-electron chi connectivity index (χ3n) is 4.54. The number of hydrogen-bond donors (Lipinski definition) is 2. The molecule has 1 heterocycles. The van der Waals surface area contributed by atoms with Crippen LogP contribution in [0.2, 0.25) is 0 Å². The molecule has 23 heavy (non-hydrogen) atoms. The molecule has 2 fully saturated rings. The number of carbonyl (C=O) groups is 1. The van der Waals surface area contributed by atoms with Crippen LogP contribution in [0.5, 0.6) is 0 Å². The molecule has 0 aliphatic heterocycles. The van der Waals surface area contributed by atoms with Crippen molar-refractivity contribution < 1.29 is 9.90 Å². The van der Waals surface area contributed by atoms with Crippen molar-refractivity contribution in [2.75, 3.05) is 0 Å². The van der Waals surface area contributed by atoms with E-state index in [0.29, 0.717) is 25.4 Å². The molecule has 0 radical (unpaired) electrons. The lowest BCUT2D eigenvalue weighted by molar-refractivity contribution is -0.138. The van der Waals surface area contributed by atoms with Crippen molar-refractivity contribution in [1.82, 2.24) is 9.88 Å². The summed E-state index contributed by atoms with van der Waals surface area (Å²) in [5, 5.41) is 9.71. The predicted octanol–water partition coefficient (Wildman–Crippen LogP) is 1.90. The predicted molar refractivity (Wildman–Crippen MR) is 93.6 cm³/mol. The van der Waals surface area contributed by atoms with Crippen molar-refractivity contribution in [3.8, 4) is 0 Å². The molecule has 5 nitrogen and oxygen atoms in total. The average Bonchev–Trinajstić information content (AvgIpc) is 3.33. The lowest BCUT2D eigenvalue weighted by Crippen LogP contribution is -2.46. The van der Waals surface area contributed by atoms with Crippen LogP contribution in [-0.2, 0) is 11.3 Å². The third-order valence-corrected chi connectivity index (χ3v) is 4.54. The summed E-state index contributed by atoms with van der Waals surface area (Å²) in [5.41, 5.74) is 6.85. The van der Waals surface area contributed by atoms with Crippen LogP contribution in [0.25, 0.3) is 0 Å². The summed E-state index contributed by atoms with van der Waals surface area (Å²) in [6, 6.07) is 5.88. The SMILES string of the molecule is Cl.Cl.N[C@@H]1C[C@@H](C(=O)N(Cc2ccccn2)C2CC2)CC[C@H]1O. The van der Waals surface area contributed by atoms with Gasteiger partial charge in [0.2, 0.25) is 5.91 Å². The molecule has 130 valence electrons. The molecule has 2 aliphatic carbocycles. The van der Waals surface area contributed by atoms with E-state index in [0.717, 1.165) is 25.0 Å². The van der Waals surface area contributed by atoms with Crippen LogP contribution in [0, 0.1) is 5.92 Å². The van der Waals surface area contributed by atoms with Crippen LogP contribution >= 0.6 is 24.8 Å². The first-order valence-corrected chi connectivity index (χ1v) is 7.79. The molecule has 7 heteroatoms. The van der Waals surface area contributed by atoms with Crippen LogP contribution in [-0.4, -0.2) is 39.1 Å². The number of amides is 1. The van der Waals surface area contributed by atoms with Gasteiger partial charge in [-0.1, -0.05) is 6.07 Å². The second kappa shape index (κ2) is 8.83. The molecular formula is C16H25Cl2N3O2. The van der Waals surface area contributed by atoms with Gasteiger partial charge in [0.25, 0.3) is 0 Å². The van der Waals surface area contributed by atoms with Gasteiger partial charge >= 0.3 is 0 Å². The maximum atomic E-state index is 12.8. The molecule has 1 aromatic heterocycles. The Balaban J connectivity index is 0.00000132. The molecule has 0 spiro atoms. The highest BCUT2D eigenvalue weighted by molar-refractivity contribution is 5.85. The van der Waals surface area contributed by atoms with Crippen LogP contribution in [0.3, 0.4) is 0 Å². The monoisotopic (exact) mass is 361 g/mol. The molecule has 2 saturated carbocycles. The Morgan fingerprint density at radius 1 is 1.26 bits per heavy atom. The fourth-order valence-corrected chi connectivity index (χ4v) is 3.09. The topological polar surface area (TPSA) is 79.5 Å². The van der Waals surface area contributed by atoms with E-state index in [-0.39, 0.29) is 42.7 Å². The second-order valence-corrected chi connectivity index (χ2v) is 6.26. The minimum atomic E-state index is -0.459. The van der Waals surface area contributed by atoms with Crippen LogP contribution < -0.4 is 5.73 Å². The maximum absolute atomic E-state index is 12.8. The maximum Gasteiger partial charge on any atom is 0.226 e. The fourth-order valence-electron chi connectivity index (χ4n) is 3.09. The van der Waals surface area contributed by atoms with Crippen molar-refractivity contribution in [2.24, 2.45) is 11.7 Å². The number of aliphatic hydroxyl groups is 1. The Morgan fingerprint density at radius 3 is 2.57 bits per heavy atom. The first-order valence-electron chi connectivity index (χ1n) is 7.79. The van der Waals surface area contributed by atoms with Gasteiger partial charge in [-0.2, -0.15) is 0 Å². The Bertz CT molecular complexity index is 499. The summed E-state index contributed by atoms with van der Waals surface area (Å²) >= 11 is 0. The van der Waals surface area contributed by atoms with E-state index in [1.807, 2.05) is 23.1 Å². The van der Waals surface area contributed by atoms with Gasteiger partial charge in [-0.3, -0.25) is 9.78 Å². The number of halogens is 2. The molecule has 2 aliphatic rings. The van der Waals surface area contributed by atoms with Crippen LogP contribution in [0.15, 0.2) is 24.4 Å². The molecule has 0 saturated heterocycles. The summed E-state index contributed by atoms with van der Waals surface area (Å²) in [5.74, 6) is 0.137. The number of aromatic nitrogens is 1. The lowest BCUT2D eigenvalue weighted by atomic mass is 9.83. The summed E-state index contributed by atoms with van der Waals surface area (Å²) in [7, 11) is 0. The molecule has 3 atom stereocenters. The highest BCUT2D eigenvalue weighted by Gasteiger charge is 2.38. The summed E-state index contributed by atoms with van der Waals surface area (Å²) in [6.45, 7) is 0.582. The average molecular weight is 362 g/mol. The van der Waals surface area contributed by atoms with Gasteiger partial charge in [0, 0.05) is 24.2 Å². The van der Waals surface area contributed by atoms with E-state index in [4.69, 9.17) is 5.73 Å². The Kier molecular flexibility index (Phi) is 7.74. The zero-order valence-corrected chi connectivity index (χ0v) is 14.6. The summed E-state index contributed by atoms with van der Waals surface area (Å²) < 4.78 is 0. The molecule has 0 unspecified atom stereocenters. The van der Waals surface area contributed by atoms with Gasteiger partial charge in [-0.25, -0.2) is 0 Å².